The Labute approximate surface area is 191 Å². The Bertz CT molecular complexity index is 1080. The van der Waals surface area contributed by atoms with Crippen LogP contribution in [0.1, 0.15) is 22.8 Å². The van der Waals surface area contributed by atoms with Gasteiger partial charge >= 0.3 is 0 Å². The fraction of sp³-hybridized carbons (Fsp3) is 0.292. The van der Waals surface area contributed by atoms with Crippen LogP contribution in [0.25, 0.3) is 6.08 Å². The van der Waals surface area contributed by atoms with Gasteiger partial charge in [-0.3, -0.25) is 14.5 Å². The van der Waals surface area contributed by atoms with Crippen molar-refractivity contribution >= 4 is 40.5 Å². The maximum atomic E-state index is 13.0. The van der Waals surface area contributed by atoms with E-state index in [1.54, 1.807) is 29.0 Å². The molecule has 0 atom stereocenters. The summed E-state index contributed by atoms with van der Waals surface area (Å²) in [6.45, 7) is 4.70. The summed E-state index contributed by atoms with van der Waals surface area (Å²) in [5.41, 5.74) is 2.05. The van der Waals surface area contributed by atoms with Gasteiger partial charge in [-0.05, 0) is 49.0 Å². The molecule has 32 heavy (non-hydrogen) atoms. The zero-order chi connectivity index (χ0) is 22.5. The van der Waals surface area contributed by atoms with E-state index in [1.165, 1.54) is 11.8 Å². The molecule has 0 N–H and O–H groups in total. The number of carbonyl (C=O) groups is 2. The maximum Gasteiger partial charge on any atom is 0.266 e. The highest BCUT2D eigenvalue weighted by molar-refractivity contribution is 8.18. The lowest BCUT2D eigenvalue weighted by Crippen LogP contribution is -2.40. The first kappa shape index (κ1) is 22.1. The quantitative estimate of drug-likeness (QED) is 0.647. The number of hydrogen-bond acceptors (Lipinski definition) is 6. The van der Waals surface area contributed by atoms with Crippen LogP contribution in [0.2, 0.25) is 0 Å². The molecule has 0 radical (unpaired) electrons. The molecule has 2 aromatic rings. The third-order valence-electron chi connectivity index (χ3n) is 5.25. The predicted molar refractivity (Wildman–Crippen MR) is 126 cm³/mol. The average molecular weight is 452 g/mol. The number of aliphatic imine (C=N–C) groups is 1. The van der Waals surface area contributed by atoms with Crippen LogP contribution in [0.3, 0.4) is 0 Å². The first-order chi connectivity index (χ1) is 15.6. The number of methoxy groups -OCH3 is 1. The van der Waals surface area contributed by atoms with Crippen LogP contribution >= 0.6 is 11.8 Å². The number of thioether (sulfide) groups is 1. The molecular formula is C24H25N3O4S. The molecule has 0 aliphatic carbocycles. The van der Waals surface area contributed by atoms with E-state index in [-0.39, 0.29) is 11.8 Å². The van der Waals surface area contributed by atoms with Crippen LogP contribution < -0.4 is 4.74 Å². The van der Waals surface area contributed by atoms with Gasteiger partial charge in [-0.1, -0.05) is 24.3 Å². The summed E-state index contributed by atoms with van der Waals surface area (Å²) in [5, 5.41) is 0.592. The third kappa shape index (κ3) is 4.71. The van der Waals surface area contributed by atoms with Gasteiger partial charge in [0.1, 0.15) is 5.75 Å². The van der Waals surface area contributed by atoms with Gasteiger partial charge in [-0.25, -0.2) is 4.99 Å². The van der Waals surface area contributed by atoms with Gasteiger partial charge in [0.25, 0.3) is 11.8 Å². The number of hydrogen-bond donors (Lipinski definition) is 0. The zero-order valence-electron chi connectivity index (χ0n) is 18.1. The normalized spacial score (nSPS) is 19.1. The van der Waals surface area contributed by atoms with Gasteiger partial charge in [-0.2, -0.15) is 0 Å². The van der Waals surface area contributed by atoms with Crippen molar-refractivity contribution in [2.45, 2.75) is 6.92 Å². The Morgan fingerprint density at radius 1 is 1.19 bits per heavy atom. The van der Waals surface area contributed by atoms with Crippen LogP contribution in [-0.2, 0) is 9.53 Å². The molecule has 166 valence electrons. The summed E-state index contributed by atoms with van der Waals surface area (Å²) in [6, 6.07) is 14.8. The minimum Gasteiger partial charge on any atom is -0.496 e. The highest BCUT2D eigenvalue weighted by Gasteiger charge is 2.32. The van der Waals surface area contributed by atoms with Crippen molar-refractivity contribution in [3.8, 4) is 5.75 Å². The molecule has 0 bridgehead atoms. The van der Waals surface area contributed by atoms with Crippen molar-refractivity contribution in [3.05, 3.63) is 64.6 Å². The summed E-state index contributed by atoms with van der Waals surface area (Å²) in [6.07, 6.45) is 1.83. The molecule has 0 saturated carbocycles. The van der Waals surface area contributed by atoms with E-state index >= 15 is 0 Å². The highest BCUT2D eigenvalue weighted by Crippen LogP contribution is 2.35. The molecule has 2 aliphatic rings. The second-order valence-corrected chi connectivity index (χ2v) is 8.26. The van der Waals surface area contributed by atoms with Crippen molar-refractivity contribution in [2.75, 3.05) is 40.0 Å². The van der Waals surface area contributed by atoms with Gasteiger partial charge in [-0.15, -0.1) is 0 Å². The molecule has 2 aliphatic heterocycles. The Balaban J connectivity index is 1.60. The fourth-order valence-electron chi connectivity index (χ4n) is 3.57. The average Bonchev–Trinajstić information content (AvgIpc) is 3.13. The molecule has 2 saturated heterocycles. The number of ether oxygens (including phenoxy) is 2. The first-order valence-electron chi connectivity index (χ1n) is 10.5. The second kappa shape index (κ2) is 10.0. The molecule has 2 heterocycles. The number of carbonyl (C=O) groups excluding carboxylic acids is 2. The van der Waals surface area contributed by atoms with Gasteiger partial charge in [0.2, 0.25) is 0 Å². The van der Waals surface area contributed by atoms with Crippen molar-refractivity contribution in [3.63, 3.8) is 0 Å². The number of benzene rings is 2. The largest absolute Gasteiger partial charge is 0.496 e. The smallest absolute Gasteiger partial charge is 0.266 e. The molecule has 4 rings (SSSR count). The SMILES string of the molecule is CCN1C(=O)/C(=C\c2ccccc2OC)SC1=Nc1cccc(C(=O)N2CCOCC2)c1. The summed E-state index contributed by atoms with van der Waals surface area (Å²) >= 11 is 1.32. The minimum absolute atomic E-state index is 0.0328. The molecule has 2 fully saturated rings. The van der Waals surface area contributed by atoms with Crippen molar-refractivity contribution < 1.29 is 19.1 Å². The molecule has 0 spiro atoms. The Morgan fingerprint density at radius 2 is 1.97 bits per heavy atom. The van der Waals surface area contributed by atoms with Crippen LogP contribution in [-0.4, -0.2) is 66.7 Å². The molecule has 0 aromatic heterocycles. The van der Waals surface area contributed by atoms with E-state index in [0.29, 0.717) is 59.9 Å². The number of morpholine rings is 1. The highest BCUT2D eigenvalue weighted by atomic mass is 32.2. The predicted octanol–water partition coefficient (Wildman–Crippen LogP) is 3.79. The Kier molecular flexibility index (Phi) is 6.92. The Hall–Kier alpha value is -3.10. The van der Waals surface area contributed by atoms with Crippen molar-refractivity contribution in [1.82, 2.24) is 9.80 Å². The van der Waals surface area contributed by atoms with Crippen LogP contribution in [0, 0.1) is 0 Å². The number of amides is 2. The summed E-state index contributed by atoms with van der Waals surface area (Å²) in [4.78, 5) is 34.5. The Morgan fingerprint density at radius 3 is 2.72 bits per heavy atom. The van der Waals surface area contributed by atoms with Crippen LogP contribution in [0.5, 0.6) is 5.75 Å². The van der Waals surface area contributed by atoms with Crippen LogP contribution in [0.15, 0.2) is 58.4 Å². The third-order valence-corrected chi connectivity index (χ3v) is 6.25. The number of nitrogens with zero attached hydrogens (tertiary/aromatic N) is 3. The van der Waals surface area contributed by atoms with E-state index in [2.05, 4.69) is 0 Å². The number of likely N-dealkylation sites (N-methyl/N-ethyl adjacent to an activating group) is 1. The lowest BCUT2D eigenvalue weighted by Gasteiger charge is -2.26. The standard InChI is InChI=1S/C24H25N3O4S/c1-3-27-23(29)21(16-17-7-4-5-10-20(17)30-2)32-24(27)25-19-9-6-8-18(15-19)22(28)26-11-13-31-14-12-26/h4-10,15-16H,3,11-14H2,1-2H3/b21-16+,25-24?. The molecule has 2 amide bonds. The monoisotopic (exact) mass is 451 g/mol. The van der Waals surface area contributed by atoms with Gasteiger partial charge in [0, 0.05) is 30.8 Å². The second-order valence-electron chi connectivity index (χ2n) is 7.25. The zero-order valence-corrected chi connectivity index (χ0v) is 18.9. The lowest BCUT2D eigenvalue weighted by molar-refractivity contribution is -0.122. The maximum absolute atomic E-state index is 13.0. The molecule has 8 heteroatoms. The van der Waals surface area contributed by atoms with E-state index in [1.807, 2.05) is 49.4 Å². The number of para-hydroxylation sites is 1. The van der Waals surface area contributed by atoms with E-state index in [9.17, 15) is 9.59 Å². The molecular weight excluding hydrogens is 426 g/mol. The molecule has 0 unspecified atom stereocenters. The first-order valence-corrected chi connectivity index (χ1v) is 11.3. The fourth-order valence-corrected chi connectivity index (χ4v) is 4.62. The van der Waals surface area contributed by atoms with E-state index < -0.39 is 0 Å². The van der Waals surface area contributed by atoms with E-state index in [0.717, 1.165) is 5.56 Å². The topological polar surface area (TPSA) is 71.4 Å². The number of rotatable bonds is 5. The van der Waals surface area contributed by atoms with Gasteiger partial charge < -0.3 is 14.4 Å². The number of amidine groups is 1. The summed E-state index contributed by atoms with van der Waals surface area (Å²) in [5.74, 6) is 0.577. The minimum atomic E-state index is -0.0947. The van der Waals surface area contributed by atoms with Gasteiger partial charge in [0.05, 0.1) is 30.9 Å². The van der Waals surface area contributed by atoms with Crippen molar-refractivity contribution in [1.29, 1.82) is 0 Å². The van der Waals surface area contributed by atoms with Gasteiger partial charge in [0.15, 0.2) is 5.17 Å². The molecule has 7 nitrogen and oxygen atoms in total. The van der Waals surface area contributed by atoms with Crippen molar-refractivity contribution in [2.24, 2.45) is 4.99 Å². The lowest BCUT2D eigenvalue weighted by atomic mass is 10.1. The molecule has 2 aromatic carbocycles. The van der Waals surface area contributed by atoms with Crippen LogP contribution in [0.4, 0.5) is 5.69 Å². The summed E-state index contributed by atoms with van der Waals surface area (Å²) in [7, 11) is 1.61. The van der Waals surface area contributed by atoms with E-state index in [4.69, 9.17) is 14.5 Å². The summed E-state index contributed by atoms with van der Waals surface area (Å²) < 4.78 is 10.7.